The lowest BCUT2D eigenvalue weighted by atomic mass is 9.94. The summed E-state index contributed by atoms with van der Waals surface area (Å²) in [6.07, 6.45) is 7.14. The summed E-state index contributed by atoms with van der Waals surface area (Å²) in [4.78, 5) is 33.5. The summed E-state index contributed by atoms with van der Waals surface area (Å²) in [7, 11) is 0. The third-order valence-electron chi connectivity index (χ3n) is 6.93. The van der Waals surface area contributed by atoms with Gasteiger partial charge in [-0.05, 0) is 67.1 Å². The molecule has 5 rings (SSSR count). The maximum atomic E-state index is 12.7. The Labute approximate surface area is 194 Å². The first-order valence-corrected chi connectivity index (χ1v) is 11.9. The largest absolute Gasteiger partial charge is 0.381 e. The average molecular weight is 450 g/mol. The molecular weight excluding hydrogens is 418 g/mol. The Morgan fingerprint density at radius 2 is 1.67 bits per heavy atom. The number of aromatic nitrogens is 1. The van der Waals surface area contributed by atoms with Crippen molar-refractivity contribution in [2.45, 2.75) is 44.8 Å². The molecule has 4 heterocycles. The smallest absolute Gasteiger partial charge is 0.322 e. The molecule has 33 heavy (non-hydrogen) atoms. The topological polar surface area (TPSA) is 86.8 Å². The van der Waals surface area contributed by atoms with E-state index in [1.165, 1.54) is 0 Å². The van der Waals surface area contributed by atoms with E-state index in [-0.39, 0.29) is 23.9 Å². The highest BCUT2D eigenvalue weighted by Gasteiger charge is 2.27. The number of piperidine rings is 1. The molecule has 2 aromatic rings. The summed E-state index contributed by atoms with van der Waals surface area (Å²) >= 11 is 0. The second-order valence-corrected chi connectivity index (χ2v) is 9.13. The van der Waals surface area contributed by atoms with Crippen LogP contribution >= 0.6 is 0 Å². The Morgan fingerprint density at radius 3 is 2.39 bits per heavy atom. The molecular formula is C25H31N5O3. The van der Waals surface area contributed by atoms with E-state index < -0.39 is 0 Å². The molecule has 0 aliphatic carbocycles. The number of pyridine rings is 1. The Hall–Kier alpha value is -3.13. The number of urea groups is 1. The van der Waals surface area contributed by atoms with Gasteiger partial charge in [-0.15, -0.1) is 0 Å². The van der Waals surface area contributed by atoms with Crippen LogP contribution in [0.25, 0.3) is 0 Å². The van der Waals surface area contributed by atoms with Gasteiger partial charge in [0.2, 0.25) is 5.91 Å². The number of nitrogens with zero attached hydrogens (tertiary/aromatic N) is 3. The third-order valence-corrected chi connectivity index (χ3v) is 6.93. The number of fused-ring (bicyclic) bond motifs is 1. The van der Waals surface area contributed by atoms with Crippen molar-refractivity contribution in [2.24, 2.45) is 5.92 Å². The summed E-state index contributed by atoms with van der Waals surface area (Å²) in [5, 5.41) is 6.21. The number of benzene rings is 1. The highest BCUT2D eigenvalue weighted by atomic mass is 16.5. The summed E-state index contributed by atoms with van der Waals surface area (Å²) in [5.74, 6) is 0.280. The molecule has 8 nitrogen and oxygen atoms in total. The van der Waals surface area contributed by atoms with E-state index in [1.54, 1.807) is 11.1 Å². The van der Waals surface area contributed by atoms with Crippen molar-refractivity contribution in [3.63, 3.8) is 0 Å². The van der Waals surface area contributed by atoms with Crippen LogP contribution in [0.15, 0.2) is 42.7 Å². The predicted molar refractivity (Wildman–Crippen MR) is 126 cm³/mol. The summed E-state index contributed by atoms with van der Waals surface area (Å²) in [5.41, 5.74) is 4.16. The highest BCUT2D eigenvalue weighted by molar-refractivity contribution is 5.90. The average Bonchev–Trinajstić information content (AvgIpc) is 3.30. The van der Waals surface area contributed by atoms with Gasteiger partial charge in [-0.1, -0.05) is 0 Å². The molecule has 1 aromatic carbocycles. The van der Waals surface area contributed by atoms with Crippen LogP contribution < -0.4 is 15.5 Å². The first-order valence-electron chi connectivity index (χ1n) is 11.9. The van der Waals surface area contributed by atoms with Crippen molar-refractivity contribution in [3.05, 3.63) is 53.9 Å². The minimum absolute atomic E-state index is 0.0856. The highest BCUT2D eigenvalue weighted by Crippen LogP contribution is 2.26. The zero-order valence-corrected chi connectivity index (χ0v) is 18.8. The fraction of sp³-hybridized carbons (Fsp3) is 0.480. The van der Waals surface area contributed by atoms with Crippen LogP contribution in [0.2, 0.25) is 0 Å². The number of anilines is 2. The first kappa shape index (κ1) is 21.7. The number of hydrogen-bond acceptors (Lipinski definition) is 5. The molecule has 0 bridgehead atoms. The van der Waals surface area contributed by atoms with Crippen molar-refractivity contribution >= 4 is 23.3 Å². The van der Waals surface area contributed by atoms with Crippen LogP contribution in [-0.4, -0.2) is 54.2 Å². The Morgan fingerprint density at radius 1 is 0.939 bits per heavy atom. The van der Waals surface area contributed by atoms with Gasteiger partial charge in [-0.2, -0.15) is 0 Å². The molecule has 2 N–H and O–H groups in total. The zero-order valence-electron chi connectivity index (χ0n) is 18.8. The van der Waals surface area contributed by atoms with E-state index in [0.717, 1.165) is 74.5 Å². The molecule has 3 aliphatic heterocycles. The Bertz CT molecular complexity index is 957. The monoisotopic (exact) mass is 449 g/mol. The molecule has 0 saturated carbocycles. The molecule has 2 saturated heterocycles. The van der Waals surface area contributed by atoms with E-state index >= 15 is 0 Å². The Kier molecular flexibility index (Phi) is 6.44. The van der Waals surface area contributed by atoms with Crippen LogP contribution in [0.1, 0.15) is 36.8 Å². The van der Waals surface area contributed by atoms with E-state index in [4.69, 9.17) is 4.74 Å². The van der Waals surface area contributed by atoms with Crippen molar-refractivity contribution in [1.82, 2.24) is 15.2 Å². The molecule has 3 aliphatic rings. The molecule has 0 unspecified atom stereocenters. The van der Waals surface area contributed by atoms with Crippen LogP contribution in [-0.2, 0) is 22.6 Å². The fourth-order valence-electron chi connectivity index (χ4n) is 4.88. The van der Waals surface area contributed by atoms with Crippen molar-refractivity contribution in [1.29, 1.82) is 0 Å². The van der Waals surface area contributed by atoms with Gasteiger partial charge in [0.05, 0.1) is 0 Å². The third kappa shape index (κ3) is 5.11. The number of carbonyl (C=O) groups is 2. The second kappa shape index (κ2) is 9.79. The van der Waals surface area contributed by atoms with Gasteiger partial charge in [-0.25, -0.2) is 4.79 Å². The maximum absolute atomic E-state index is 12.7. The normalized spacial score (nSPS) is 19.3. The lowest BCUT2D eigenvalue weighted by Gasteiger charge is -2.34. The Balaban J connectivity index is 1.09. The van der Waals surface area contributed by atoms with Crippen molar-refractivity contribution in [3.8, 4) is 0 Å². The molecule has 0 radical (unpaired) electrons. The minimum Gasteiger partial charge on any atom is -0.381 e. The van der Waals surface area contributed by atoms with Crippen LogP contribution in [0.5, 0.6) is 0 Å². The van der Waals surface area contributed by atoms with Gasteiger partial charge in [-0.3, -0.25) is 9.78 Å². The number of amides is 3. The lowest BCUT2D eigenvalue weighted by Crippen LogP contribution is -2.45. The van der Waals surface area contributed by atoms with Gasteiger partial charge in [0, 0.05) is 75.1 Å². The number of rotatable bonds is 4. The first-order chi connectivity index (χ1) is 16.2. The van der Waals surface area contributed by atoms with E-state index in [9.17, 15) is 9.59 Å². The van der Waals surface area contributed by atoms with Gasteiger partial charge in [0.15, 0.2) is 0 Å². The number of nitrogens with one attached hydrogen (secondary N) is 2. The summed E-state index contributed by atoms with van der Waals surface area (Å²) < 4.78 is 5.37. The minimum atomic E-state index is -0.102. The van der Waals surface area contributed by atoms with Crippen LogP contribution in [0.4, 0.5) is 16.2 Å². The number of ether oxygens (including phenoxy) is 1. The van der Waals surface area contributed by atoms with Gasteiger partial charge in [0.1, 0.15) is 0 Å². The zero-order chi connectivity index (χ0) is 22.6. The lowest BCUT2D eigenvalue weighted by molar-refractivity contribution is -0.126. The number of carbonyl (C=O) groups excluding carboxylic acids is 2. The second-order valence-electron chi connectivity index (χ2n) is 9.13. The molecule has 3 amide bonds. The fourth-order valence-corrected chi connectivity index (χ4v) is 4.88. The summed E-state index contributed by atoms with van der Waals surface area (Å²) in [6.45, 7) is 4.39. The van der Waals surface area contributed by atoms with Crippen LogP contribution in [0.3, 0.4) is 0 Å². The quantitative estimate of drug-likeness (QED) is 0.749. The molecule has 8 heteroatoms. The predicted octanol–water partition coefficient (Wildman–Crippen LogP) is 3.14. The summed E-state index contributed by atoms with van der Waals surface area (Å²) in [6, 6.07) is 10.1. The van der Waals surface area contributed by atoms with Gasteiger partial charge < -0.3 is 25.2 Å². The SMILES string of the molecule is O=C(NC1CCOCC1)C1CCN(c2ccc(NC(=O)N3Cc4ccncc4C3)cc2)CC1. The molecule has 2 fully saturated rings. The standard InChI is InChI=1S/C25H31N5O3/c31-24(27-22-8-13-33-14-9-22)18-6-11-29(12-7-18)23-3-1-21(2-4-23)28-25(32)30-16-19-5-10-26-15-20(19)17-30/h1-5,10,15,18,22H,6-9,11-14,16-17H2,(H,27,31)(H,28,32). The number of hydrogen-bond donors (Lipinski definition) is 2. The van der Waals surface area contributed by atoms with E-state index in [1.807, 2.05) is 36.5 Å². The van der Waals surface area contributed by atoms with Crippen LogP contribution in [0, 0.1) is 5.92 Å². The van der Waals surface area contributed by atoms with Gasteiger partial charge >= 0.3 is 6.03 Å². The molecule has 0 atom stereocenters. The van der Waals surface area contributed by atoms with E-state index in [0.29, 0.717) is 13.1 Å². The van der Waals surface area contributed by atoms with E-state index in [2.05, 4.69) is 20.5 Å². The maximum Gasteiger partial charge on any atom is 0.322 e. The molecule has 174 valence electrons. The molecule has 1 aromatic heterocycles. The van der Waals surface area contributed by atoms with Crippen molar-refractivity contribution in [2.75, 3.05) is 36.5 Å². The van der Waals surface area contributed by atoms with Gasteiger partial charge in [0.25, 0.3) is 0 Å². The molecule has 0 spiro atoms. The van der Waals surface area contributed by atoms with Crippen molar-refractivity contribution < 1.29 is 14.3 Å².